The van der Waals surface area contributed by atoms with Crippen molar-refractivity contribution in [3.63, 3.8) is 0 Å². The molecule has 0 aliphatic carbocycles. The van der Waals surface area contributed by atoms with Crippen LogP contribution in [0.2, 0.25) is 5.02 Å². The Morgan fingerprint density at radius 2 is 1.77 bits per heavy atom. The number of fused-ring (bicyclic) bond motifs is 1. The standard InChI is InChI=1S/C26H19ClFNOS/c27-20-6-3-5-19(16-20)23-12-13-24(31-23)26(30)29-15-14-17-4-1-2-7-22(17)25(29)18-8-10-21(28)11-9-18/h1-13,16,25H,14-15H2/t25-/m1/s1. The van der Waals surface area contributed by atoms with Gasteiger partial charge in [0.1, 0.15) is 5.82 Å². The molecule has 5 heteroatoms. The number of hydrogen-bond acceptors (Lipinski definition) is 2. The Hall–Kier alpha value is -2.95. The average molecular weight is 448 g/mol. The van der Waals surface area contributed by atoms with E-state index in [0.29, 0.717) is 16.4 Å². The van der Waals surface area contributed by atoms with E-state index in [-0.39, 0.29) is 17.8 Å². The molecule has 0 unspecified atom stereocenters. The Kier molecular flexibility index (Phi) is 5.34. The van der Waals surface area contributed by atoms with Crippen molar-refractivity contribution >= 4 is 28.8 Å². The molecular formula is C26H19ClFNOS. The number of halogens is 2. The first-order chi connectivity index (χ1) is 15.1. The molecule has 1 aliphatic rings. The zero-order valence-electron chi connectivity index (χ0n) is 16.6. The minimum absolute atomic E-state index is 0.0119. The summed E-state index contributed by atoms with van der Waals surface area (Å²) < 4.78 is 13.6. The van der Waals surface area contributed by atoms with E-state index in [1.54, 1.807) is 12.1 Å². The molecule has 1 aliphatic heterocycles. The minimum atomic E-state index is -0.282. The van der Waals surface area contributed by atoms with Gasteiger partial charge < -0.3 is 4.90 Å². The van der Waals surface area contributed by atoms with E-state index in [1.165, 1.54) is 29.0 Å². The molecule has 2 nitrogen and oxygen atoms in total. The lowest BCUT2D eigenvalue weighted by Gasteiger charge is -2.37. The molecule has 1 aromatic heterocycles. The van der Waals surface area contributed by atoms with Crippen molar-refractivity contribution in [1.29, 1.82) is 0 Å². The molecule has 4 aromatic rings. The van der Waals surface area contributed by atoms with Crippen LogP contribution >= 0.6 is 22.9 Å². The Morgan fingerprint density at radius 3 is 2.58 bits per heavy atom. The number of rotatable bonds is 3. The summed E-state index contributed by atoms with van der Waals surface area (Å²) in [6.07, 6.45) is 0.798. The number of hydrogen-bond donors (Lipinski definition) is 0. The second-order valence-electron chi connectivity index (χ2n) is 7.58. The highest BCUT2D eigenvalue weighted by Gasteiger charge is 2.33. The SMILES string of the molecule is O=C(c1ccc(-c2cccc(Cl)c2)s1)N1CCc2ccccc2[C@H]1c1ccc(F)cc1. The van der Waals surface area contributed by atoms with Gasteiger partial charge in [0.05, 0.1) is 10.9 Å². The highest BCUT2D eigenvalue weighted by atomic mass is 35.5. The van der Waals surface area contributed by atoms with Crippen LogP contribution in [-0.4, -0.2) is 17.4 Å². The number of carbonyl (C=O) groups excluding carboxylic acids is 1. The second kappa shape index (κ2) is 8.29. The van der Waals surface area contributed by atoms with Gasteiger partial charge in [0, 0.05) is 16.4 Å². The predicted octanol–water partition coefficient (Wildman–Crippen LogP) is 7.00. The van der Waals surface area contributed by atoms with Crippen LogP contribution < -0.4 is 0 Å². The molecular weight excluding hydrogens is 429 g/mol. The summed E-state index contributed by atoms with van der Waals surface area (Å²) >= 11 is 7.60. The van der Waals surface area contributed by atoms with E-state index in [9.17, 15) is 9.18 Å². The van der Waals surface area contributed by atoms with Crippen LogP contribution in [0.4, 0.5) is 4.39 Å². The van der Waals surface area contributed by atoms with Gasteiger partial charge in [-0.2, -0.15) is 0 Å². The first kappa shape index (κ1) is 20.0. The highest BCUT2D eigenvalue weighted by molar-refractivity contribution is 7.17. The molecule has 5 rings (SSSR count). The monoisotopic (exact) mass is 447 g/mol. The van der Waals surface area contributed by atoms with Gasteiger partial charge in [-0.3, -0.25) is 4.79 Å². The molecule has 2 heterocycles. The van der Waals surface area contributed by atoms with Crippen molar-refractivity contribution in [2.45, 2.75) is 12.5 Å². The summed E-state index contributed by atoms with van der Waals surface area (Å²) in [6, 6.07) is 25.9. The Balaban J connectivity index is 1.52. The first-order valence-corrected chi connectivity index (χ1v) is 11.3. The van der Waals surface area contributed by atoms with Crippen molar-refractivity contribution in [3.05, 3.63) is 117 Å². The molecule has 0 radical (unpaired) electrons. The van der Waals surface area contributed by atoms with Gasteiger partial charge in [0.15, 0.2) is 0 Å². The maximum atomic E-state index is 13.6. The van der Waals surface area contributed by atoms with Crippen LogP contribution in [0.5, 0.6) is 0 Å². The Bertz CT molecular complexity index is 1250. The third kappa shape index (κ3) is 3.89. The van der Waals surface area contributed by atoms with Crippen LogP contribution in [0.25, 0.3) is 10.4 Å². The predicted molar refractivity (Wildman–Crippen MR) is 124 cm³/mol. The minimum Gasteiger partial charge on any atom is -0.326 e. The van der Waals surface area contributed by atoms with E-state index in [4.69, 9.17) is 11.6 Å². The van der Waals surface area contributed by atoms with Crippen molar-refractivity contribution in [1.82, 2.24) is 4.90 Å². The van der Waals surface area contributed by atoms with Crippen LogP contribution in [-0.2, 0) is 6.42 Å². The van der Waals surface area contributed by atoms with Gasteiger partial charge >= 0.3 is 0 Å². The molecule has 0 spiro atoms. The first-order valence-electron chi connectivity index (χ1n) is 10.1. The number of amides is 1. The van der Waals surface area contributed by atoms with Crippen LogP contribution in [0.3, 0.4) is 0 Å². The lowest BCUT2D eigenvalue weighted by atomic mass is 9.88. The Labute approximate surface area is 189 Å². The maximum Gasteiger partial charge on any atom is 0.264 e. The molecule has 31 heavy (non-hydrogen) atoms. The summed E-state index contributed by atoms with van der Waals surface area (Å²) in [5.74, 6) is -0.294. The summed E-state index contributed by atoms with van der Waals surface area (Å²) in [4.78, 5) is 17.2. The molecule has 1 atom stereocenters. The second-order valence-corrected chi connectivity index (χ2v) is 9.10. The van der Waals surface area contributed by atoms with Gasteiger partial charge in [0.25, 0.3) is 5.91 Å². The number of thiophene rings is 1. The highest BCUT2D eigenvalue weighted by Crippen LogP contribution is 2.38. The molecule has 3 aromatic carbocycles. The summed E-state index contributed by atoms with van der Waals surface area (Å²) in [7, 11) is 0. The van der Waals surface area contributed by atoms with Gasteiger partial charge in [-0.15, -0.1) is 11.3 Å². The normalized spacial score (nSPS) is 15.5. The quantitative estimate of drug-likeness (QED) is 0.331. The van der Waals surface area contributed by atoms with Gasteiger partial charge in [-0.25, -0.2) is 4.39 Å². The van der Waals surface area contributed by atoms with E-state index in [0.717, 1.165) is 28.0 Å². The third-order valence-electron chi connectivity index (χ3n) is 5.66. The van der Waals surface area contributed by atoms with Crippen molar-refractivity contribution in [3.8, 4) is 10.4 Å². The fourth-order valence-electron chi connectivity index (χ4n) is 4.18. The Morgan fingerprint density at radius 1 is 0.968 bits per heavy atom. The number of benzene rings is 3. The van der Waals surface area contributed by atoms with E-state index in [1.807, 2.05) is 53.4 Å². The zero-order chi connectivity index (χ0) is 21.4. The van der Waals surface area contributed by atoms with Crippen LogP contribution in [0.1, 0.15) is 32.4 Å². The number of carbonyl (C=O) groups is 1. The van der Waals surface area contributed by atoms with E-state index in [2.05, 4.69) is 12.1 Å². The molecule has 0 saturated carbocycles. The third-order valence-corrected chi connectivity index (χ3v) is 7.01. The number of nitrogens with zero attached hydrogens (tertiary/aromatic N) is 1. The molecule has 0 N–H and O–H groups in total. The summed E-state index contributed by atoms with van der Waals surface area (Å²) in [5.41, 5.74) is 4.23. The lowest BCUT2D eigenvalue weighted by molar-refractivity contribution is 0.0699. The average Bonchev–Trinajstić information content (AvgIpc) is 3.29. The van der Waals surface area contributed by atoms with Crippen molar-refractivity contribution in [2.75, 3.05) is 6.54 Å². The van der Waals surface area contributed by atoms with E-state index >= 15 is 0 Å². The van der Waals surface area contributed by atoms with Crippen LogP contribution in [0, 0.1) is 5.82 Å². The lowest BCUT2D eigenvalue weighted by Crippen LogP contribution is -2.40. The summed E-state index contributed by atoms with van der Waals surface area (Å²) in [6.45, 7) is 0.613. The van der Waals surface area contributed by atoms with Crippen molar-refractivity contribution in [2.24, 2.45) is 0 Å². The molecule has 1 amide bonds. The molecule has 0 fully saturated rings. The van der Waals surface area contributed by atoms with Crippen LogP contribution in [0.15, 0.2) is 84.9 Å². The van der Waals surface area contributed by atoms with Crippen molar-refractivity contribution < 1.29 is 9.18 Å². The molecule has 0 saturated heterocycles. The largest absolute Gasteiger partial charge is 0.326 e. The molecule has 154 valence electrons. The summed E-state index contributed by atoms with van der Waals surface area (Å²) in [5, 5.41) is 0.669. The fraction of sp³-hybridized carbons (Fsp3) is 0.115. The smallest absolute Gasteiger partial charge is 0.264 e. The van der Waals surface area contributed by atoms with E-state index < -0.39 is 0 Å². The fourth-order valence-corrected chi connectivity index (χ4v) is 5.33. The van der Waals surface area contributed by atoms with Gasteiger partial charge in [0.2, 0.25) is 0 Å². The topological polar surface area (TPSA) is 20.3 Å². The molecule has 0 bridgehead atoms. The van der Waals surface area contributed by atoms with Gasteiger partial charge in [-0.1, -0.05) is 60.1 Å². The van der Waals surface area contributed by atoms with Gasteiger partial charge in [-0.05, 0) is 65.1 Å². The zero-order valence-corrected chi connectivity index (χ0v) is 18.2. The maximum absolute atomic E-state index is 13.6.